The Bertz CT molecular complexity index is 1380. The Morgan fingerprint density at radius 2 is 1.97 bits per heavy atom. The van der Waals surface area contributed by atoms with Crippen molar-refractivity contribution in [1.29, 1.82) is 0 Å². The van der Waals surface area contributed by atoms with E-state index in [0.717, 1.165) is 11.3 Å². The highest BCUT2D eigenvalue weighted by molar-refractivity contribution is 6.06. The molecule has 34 heavy (non-hydrogen) atoms. The molecule has 0 spiro atoms. The van der Waals surface area contributed by atoms with E-state index < -0.39 is 6.04 Å². The van der Waals surface area contributed by atoms with Crippen LogP contribution in [0.25, 0.3) is 11.4 Å². The first-order chi connectivity index (χ1) is 16.5. The van der Waals surface area contributed by atoms with E-state index in [4.69, 9.17) is 9.84 Å². The van der Waals surface area contributed by atoms with Gasteiger partial charge >= 0.3 is 0 Å². The Labute approximate surface area is 195 Å². The van der Waals surface area contributed by atoms with E-state index >= 15 is 0 Å². The van der Waals surface area contributed by atoms with Crippen molar-refractivity contribution >= 4 is 17.5 Å². The highest BCUT2D eigenvalue weighted by Crippen LogP contribution is 2.37. The van der Waals surface area contributed by atoms with Gasteiger partial charge in [0.15, 0.2) is 5.82 Å². The molecule has 1 atom stereocenters. The summed E-state index contributed by atoms with van der Waals surface area (Å²) in [6, 6.07) is 17.1. The van der Waals surface area contributed by atoms with E-state index in [1.54, 1.807) is 54.5 Å². The molecule has 9 heteroatoms. The summed E-state index contributed by atoms with van der Waals surface area (Å²) >= 11 is 0. The molecule has 5 rings (SSSR count). The number of rotatable bonds is 5. The zero-order chi connectivity index (χ0) is 23.7. The van der Waals surface area contributed by atoms with Gasteiger partial charge in [-0.2, -0.15) is 4.98 Å². The summed E-state index contributed by atoms with van der Waals surface area (Å²) < 4.78 is 6.90. The number of fused-ring (bicyclic) bond motifs is 1. The van der Waals surface area contributed by atoms with Crippen LogP contribution in [-0.4, -0.2) is 37.9 Å². The van der Waals surface area contributed by atoms with Crippen LogP contribution in [0.1, 0.15) is 18.5 Å². The third-order valence-corrected chi connectivity index (χ3v) is 5.55. The molecule has 9 nitrogen and oxygen atoms in total. The number of hydrogen-bond acceptors (Lipinski definition) is 7. The summed E-state index contributed by atoms with van der Waals surface area (Å²) in [5, 5.41) is 21.0. The second-order valence-electron chi connectivity index (χ2n) is 7.79. The van der Waals surface area contributed by atoms with Gasteiger partial charge in [0.25, 0.3) is 5.91 Å². The molecule has 170 valence electrons. The minimum Gasteiger partial charge on any atom is -0.508 e. The van der Waals surface area contributed by atoms with Crippen LogP contribution in [0.15, 0.2) is 84.3 Å². The van der Waals surface area contributed by atoms with Crippen molar-refractivity contribution < 1.29 is 14.6 Å². The van der Waals surface area contributed by atoms with Gasteiger partial charge in [-0.3, -0.25) is 9.78 Å². The number of carbonyl (C=O) groups excluding carboxylic acids is 1. The predicted molar refractivity (Wildman–Crippen MR) is 127 cm³/mol. The Hall–Kier alpha value is -4.66. The number of phenols is 1. The Kier molecular flexibility index (Phi) is 5.43. The second kappa shape index (κ2) is 8.70. The number of nitrogens with zero attached hydrogens (tertiary/aromatic N) is 4. The van der Waals surface area contributed by atoms with Crippen LogP contribution in [0.4, 0.5) is 11.6 Å². The molecule has 0 unspecified atom stereocenters. The van der Waals surface area contributed by atoms with E-state index in [-0.39, 0.29) is 11.7 Å². The minimum atomic E-state index is -0.612. The molecule has 1 aliphatic rings. The summed E-state index contributed by atoms with van der Waals surface area (Å²) in [5.74, 6) is 1.51. The molecule has 2 aromatic heterocycles. The molecular formula is C25H22N6O3. The maximum atomic E-state index is 13.4. The molecule has 0 fully saturated rings. The van der Waals surface area contributed by atoms with E-state index in [9.17, 15) is 9.90 Å². The molecule has 0 radical (unpaired) electrons. The minimum absolute atomic E-state index is 0.0951. The molecule has 0 saturated heterocycles. The van der Waals surface area contributed by atoms with Crippen LogP contribution in [0, 0.1) is 0 Å². The molecule has 1 aliphatic heterocycles. The summed E-state index contributed by atoms with van der Waals surface area (Å²) in [6.07, 6.45) is 3.22. The normalized spacial score (nSPS) is 14.8. The monoisotopic (exact) mass is 454 g/mol. The first-order valence-electron chi connectivity index (χ1n) is 10.6. The zero-order valence-corrected chi connectivity index (χ0v) is 18.6. The van der Waals surface area contributed by atoms with Crippen molar-refractivity contribution in [1.82, 2.24) is 19.7 Å². The molecule has 1 amide bonds. The fraction of sp³-hybridized carbons (Fsp3) is 0.120. The third kappa shape index (κ3) is 3.95. The number of aromatic hydroxyl groups is 1. The number of pyridine rings is 1. The molecule has 2 aromatic carbocycles. The van der Waals surface area contributed by atoms with Crippen molar-refractivity contribution in [2.45, 2.75) is 13.0 Å². The van der Waals surface area contributed by atoms with Crippen molar-refractivity contribution in [2.75, 3.05) is 17.7 Å². The maximum Gasteiger partial charge on any atom is 0.255 e. The molecule has 0 aliphatic carbocycles. The van der Waals surface area contributed by atoms with Gasteiger partial charge < -0.3 is 20.5 Å². The highest BCUT2D eigenvalue weighted by Gasteiger charge is 2.34. The number of ether oxygens (including phenoxy) is 1. The lowest BCUT2D eigenvalue weighted by Gasteiger charge is -2.28. The second-order valence-corrected chi connectivity index (χ2v) is 7.79. The number of hydrogen-bond donors (Lipinski definition) is 3. The van der Waals surface area contributed by atoms with Gasteiger partial charge in [0.2, 0.25) is 5.95 Å². The zero-order valence-electron chi connectivity index (χ0n) is 18.6. The van der Waals surface area contributed by atoms with Gasteiger partial charge in [0.1, 0.15) is 17.5 Å². The fourth-order valence-electron chi connectivity index (χ4n) is 3.95. The van der Waals surface area contributed by atoms with Gasteiger partial charge in [-0.25, -0.2) is 4.68 Å². The summed E-state index contributed by atoms with van der Waals surface area (Å²) in [7, 11) is 1.61. The SMILES string of the molecule is COc1ccc(-c2nc3n(n2)[C@H](c2cccc(O)c2)C(C(=O)Nc2cccnc2)=C(C)N3)cc1. The van der Waals surface area contributed by atoms with E-state index in [2.05, 4.69) is 20.6 Å². The van der Waals surface area contributed by atoms with E-state index in [1.807, 2.05) is 37.3 Å². The Morgan fingerprint density at radius 1 is 1.15 bits per heavy atom. The van der Waals surface area contributed by atoms with Crippen LogP contribution >= 0.6 is 0 Å². The molecule has 3 heterocycles. The number of benzene rings is 2. The molecular weight excluding hydrogens is 432 g/mol. The average Bonchev–Trinajstić information content (AvgIpc) is 3.27. The largest absolute Gasteiger partial charge is 0.508 e. The van der Waals surface area contributed by atoms with Crippen LogP contribution in [0.3, 0.4) is 0 Å². The Balaban J connectivity index is 1.59. The number of allylic oxidation sites excluding steroid dienone is 1. The summed E-state index contributed by atoms with van der Waals surface area (Å²) in [4.78, 5) is 22.2. The summed E-state index contributed by atoms with van der Waals surface area (Å²) in [5.41, 5.74) is 3.16. The van der Waals surface area contributed by atoms with Crippen molar-refractivity contribution in [3.63, 3.8) is 0 Å². The van der Waals surface area contributed by atoms with Crippen molar-refractivity contribution in [3.8, 4) is 22.9 Å². The van der Waals surface area contributed by atoms with Gasteiger partial charge in [0.05, 0.1) is 24.6 Å². The summed E-state index contributed by atoms with van der Waals surface area (Å²) in [6.45, 7) is 1.82. The molecule has 4 aromatic rings. The number of anilines is 2. The van der Waals surface area contributed by atoms with Crippen LogP contribution in [0.2, 0.25) is 0 Å². The maximum absolute atomic E-state index is 13.4. The number of phenolic OH excluding ortho intramolecular Hbond substituents is 1. The smallest absolute Gasteiger partial charge is 0.255 e. The number of aromatic nitrogens is 4. The lowest BCUT2D eigenvalue weighted by Crippen LogP contribution is -2.31. The lowest BCUT2D eigenvalue weighted by molar-refractivity contribution is -0.113. The lowest BCUT2D eigenvalue weighted by atomic mass is 9.95. The third-order valence-electron chi connectivity index (χ3n) is 5.55. The molecule has 0 saturated carbocycles. The van der Waals surface area contributed by atoms with E-state index in [0.29, 0.717) is 34.3 Å². The standard InChI is InChI=1S/C25H22N6O3/c1-15-21(24(33)28-18-6-4-12-26-14-18)22(17-5-3-7-19(32)13-17)31-25(27-15)29-23(30-31)16-8-10-20(34-2)11-9-16/h3-14,22,32H,1-2H3,(H,28,33)(H,27,29,30)/t22-/m1/s1. The highest BCUT2D eigenvalue weighted by atomic mass is 16.5. The number of amides is 1. The number of carbonyl (C=O) groups is 1. The number of methoxy groups -OCH3 is 1. The molecule has 3 N–H and O–H groups in total. The first kappa shape index (κ1) is 21.2. The van der Waals surface area contributed by atoms with Gasteiger partial charge in [-0.15, -0.1) is 5.10 Å². The fourth-order valence-corrected chi connectivity index (χ4v) is 3.95. The van der Waals surface area contributed by atoms with Gasteiger partial charge in [0, 0.05) is 17.5 Å². The molecule has 0 bridgehead atoms. The predicted octanol–water partition coefficient (Wildman–Crippen LogP) is 3.98. The van der Waals surface area contributed by atoms with Crippen LogP contribution < -0.4 is 15.4 Å². The van der Waals surface area contributed by atoms with Crippen LogP contribution in [0.5, 0.6) is 11.5 Å². The van der Waals surface area contributed by atoms with Crippen molar-refractivity contribution in [2.24, 2.45) is 0 Å². The van der Waals surface area contributed by atoms with Gasteiger partial charge in [-0.1, -0.05) is 12.1 Å². The Morgan fingerprint density at radius 3 is 2.68 bits per heavy atom. The van der Waals surface area contributed by atoms with Crippen molar-refractivity contribution in [3.05, 3.63) is 89.9 Å². The quantitative estimate of drug-likeness (QED) is 0.418. The average molecular weight is 454 g/mol. The van der Waals surface area contributed by atoms with Crippen LogP contribution in [-0.2, 0) is 4.79 Å². The van der Waals surface area contributed by atoms with E-state index in [1.165, 1.54) is 0 Å². The van der Waals surface area contributed by atoms with Gasteiger partial charge in [-0.05, 0) is 61.0 Å². The number of nitrogens with one attached hydrogen (secondary N) is 2. The topological polar surface area (TPSA) is 114 Å². The first-order valence-corrected chi connectivity index (χ1v) is 10.6.